The largest absolute Gasteiger partial charge is 0.252 e. The number of para-hydroxylation sites is 1. The molecule has 2 aromatic rings. The van der Waals surface area contributed by atoms with Gasteiger partial charge in [0.25, 0.3) is 0 Å². The summed E-state index contributed by atoms with van der Waals surface area (Å²) in [4.78, 5) is 4.46. The lowest BCUT2D eigenvalue weighted by Gasteiger charge is -2.12. The minimum atomic E-state index is -3.59. The molecule has 0 aliphatic rings. The maximum absolute atomic E-state index is 12.3. The number of rotatable bonds is 3. The number of sulfonamides is 1. The third-order valence-corrected chi connectivity index (χ3v) is 4.56. The van der Waals surface area contributed by atoms with Crippen molar-refractivity contribution in [1.29, 1.82) is 0 Å². The highest BCUT2D eigenvalue weighted by molar-refractivity contribution is 7.89. The zero-order chi connectivity index (χ0) is 14.2. The average molecular weight is 299 g/mol. The van der Waals surface area contributed by atoms with Crippen molar-refractivity contribution in [2.24, 2.45) is 0 Å². The number of halogens is 1. The molecule has 1 heterocycles. The maximum atomic E-state index is 12.3. The minimum absolute atomic E-state index is 0.157. The second-order valence-corrected chi connectivity index (χ2v) is 6.76. The smallest absolute Gasteiger partial charge is 0.242 e. The Balaban J connectivity index is 2.75. The molecule has 0 fully saturated rings. The first-order valence-corrected chi connectivity index (χ1v) is 7.75. The summed E-state index contributed by atoms with van der Waals surface area (Å²) < 4.78 is 27.1. The number of aromatic nitrogens is 1. The molecule has 1 aromatic carbocycles. The number of benzene rings is 1. The first-order valence-electron chi connectivity index (χ1n) is 5.89. The number of fused-ring (bicyclic) bond motifs is 1. The fourth-order valence-electron chi connectivity index (χ4n) is 1.89. The summed E-state index contributed by atoms with van der Waals surface area (Å²) in [7, 11) is -3.59. The Morgan fingerprint density at radius 2 is 2.00 bits per heavy atom. The van der Waals surface area contributed by atoms with Gasteiger partial charge in [0.2, 0.25) is 10.0 Å². The average Bonchev–Trinajstić information content (AvgIpc) is 2.26. The van der Waals surface area contributed by atoms with Crippen LogP contribution in [0.4, 0.5) is 0 Å². The molecule has 1 aromatic heterocycles. The molecular formula is C13H15ClN2O2S. The third kappa shape index (κ3) is 2.88. The van der Waals surface area contributed by atoms with Crippen molar-refractivity contribution < 1.29 is 8.42 Å². The summed E-state index contributed by atoms with van der Waals surface area (Å²) in [6.45, 7) is 5.33. The minimum Gasteiger partial charge on any atom is -0.252 e. The van der Waals surface area contributed by atoms with Crippen LogP contribution >= 0.6 is 11.6 Å². The van der Waals surface area contributed by atoms with Gasteiger partial charge in [-0.05, 0) is 32.9 Å². The van der Waals surface area contributed by atoms with Gasteiger partial charge in [-0.2, -0.15) is 0 Å². The predicted molar refractivity (Wildman–Crippen MR) is 76.9 cm³/mol. The van der Waals surface area contributed by atoms with Crippen LogP contribution < -0.4 is 4.72 Å². The van der Waals surface area contributed by atoms with E-state index in [2.05, 4.69) is 9.71 Å². The van der Waals surface area contributed by atoms with E-state index in [9.17, 15) is 8.42 Å². The number of pyridine rings is 1. The predicted octanol–water partition coefficient (Wildman–Crippen LogP) is 2.88. The van der Waals surface area contributed by atoms with Crippen LogP contribution in [-0.4, -0.2) is 19.4 Å². The molecule has 2 rings (SSSR count). The van der Waals surface area contributed by atoms with Gasteiger partial charge in [0.15, 0.2) is 0 Å². The lowest BCUT2D eigenvalue weighted by molar-refractivity contribution is 0.570. The van der Waals surface area contributed by atoms with Crippen LogP contribution in [0.3, 0.4) is 0 Å². The van der Waals surface area contributed by atoms with Crippen molar-refractivity contribution in [3.63, 3.8) is 0 Å². The van der Waals surface area contributed by atoms with Gasteiger partial charge in [0, 0.05) is 17.1 Å². The fourth-order valence-corrected chi connectivity index (χ4v) is 3.62. The molecular weight excluding hydrogens is 284 g/mol. The molecule has 0 bridgehead atoms. The van der Waals surface area contributed by atoms with Crippen LogP contribution in [0.25, 0.3) is 10.9 Å². The van der Waals surface area contributed by atoms with Gasteiger partial charge in [0.1, 0.15) is 4.90 Å². The maximum Gasteiger partial charge on any atom is 0.242 e. The van der Waals surface area contributed by atoms with E-state index in [-0.39, 0.29) is 10.9 Å². The molecule has 0 saturated heterocycles. The van der Waals surface area contributed by atoms with Crippen molar-refractivity contribution in [2.75, 3.05) is 0 Å². The Hall–Kier alpha value is -1.17. The van der Waals surface area contributed by atoms with Crippen molar-refractivity contribution in [3.8, 4) is 0 Å². The summed E-state index contributed by atoms with van der Waals surface area (Å²) in [5.41, 5.74) is 1.09. The highest BCUT2D eigenvalue weighted by atomic mass is 35.5. The van der Waals surface area contributed by atoms with E-state index < -0.39 is 10.0 Å². The van der Waals surface area contributed by atoms with Crippen LogP contribution in [0.1, 0.15) is 19.5 Å². The molecule has 6 heteroatoms. The van der Waals surface area contributed by atoms with Gasteiger partial charge >= 0.3 is 0 Å². The second-order valence-electron chi connectivity index (χ2n) is 4.67. The molecule has 4 nitrogen and oxygen atoms in total. The topological polar surface area (TPSA) is 59.1 Å². The van der Waals surface area contributed by atoms with Gasteiger partial charge in [-0.25, -0.2) is 13.1 Å². The lowest BCUT2D eigenvalue weighted by atomic mass is 10.2. The summed E-state index contributed by atoms with van der Waals surface area (Å²) in [6, 6.07) is 6.51. The molecule has 0 atom stereocenters. The van der Waals surface area contributed by atoms with Crippen LogP contribution in [0.2, 0.25) is 5.02 Å². The van der Waals surface area contributed by atoms with Crippen molar-refractivity contribution in [1.82, 2.24) is 9.71 Å². The van der Waals surface area contributed by atoms with Gasteiger partial charge in [0.05, 0.1) is 10.5 Å². The monoisotopic (exact) mass is 298 g/mol. The molecule has 0 amide bonds. The molecule has 0 aliphatic heterocycles. The Labute approximate surface area is 117 Å². The van der Waals surface area contributed by atoms with Gasteiger partial charge in [-0.3, -0.25) is 4.98 Å². The van der Waals surface area contributed by atoms with Gasteiger partial charge in [-0.15, -0.1) is 0 Å². The van der Waals surface area contributed by atoms with E-state index in [1.165, 1.54) is 6.07 Å². The number of nitrogens with zero attached hydrogens (tertiary/aromatic N) is 1. The standard InChI is InChI=1S/C13H15ClN2O2S/c1-8(2)16-19(17,18)12-6-4-5-10-11(14)7-9(3)15-13(10)12/h4-8,16H,1-3H3. The first-order chi connectivity index (χ1) is 8.81. The zero-order valence-corrected chi connectivity index (χ0v) is 12.5. The highest BCUT2D eigenvalue weighted by Gasteiger charge is 2.20. The number of hydrogen-bond donors (Lipinski definition) is 1. The van der Waals surface area contributed by atoms with Crippen LogP contribution in [-0.2, 0) is 10.0 Å². The van der Waals surface area contributed by atoms with E-state index in [1.807, 2.05) is 0 Å². The third-order valence-electron chi connectivity index (χ3n) is 2.56. The molecule has 0 spiro atoms. The number of hydrogen-bond acceptors (Lipinski definition) is 3. The SMILES string of the molecule is Cc1cc(Cl)c2cccc(S(=O)(=O)NC(C)C)c2n1. The van der Waals surface area contributed by atoms with E-state index in [0.29, 0.717) is 21.6 Å². The fraction of sp³-hybridized carbons (Fsp3) is 0.308. The Kier molecular flexibility index (Phi) is 3.80. The number of nitrogens with one attached hydrogen (secondary N) is 1. The molecule has 0 radical (unpaired) electrons. The van der Waals surface area contributed by atoms with E-state index in [4.69, 9.17) is 11.6 Å². The molecule has 1 N–H and O–H groups in total. The summed E-state index contributed by atoms with van der Waals surface area (Å²) in [5, 5.41) is 1.14. The van der Waals surface area contributed by atoms with Crippen LogP contribution in [0, 0.1) is 6.92 Å². The van der Waals surface area contributed by atoms with Gasteiger partial charge < -0.3 is 0 Å². The Morgan fingerprint density at radius 1 is 1.32 bits per heavy atom. The zero-order valence-electron chi connectivity index (χ0n) is 10.9. The Morgan fingerprint density at radius 3 is 2.63 bits per heavy atom. The molecule has 0 aliphatic carbocycles. The normalized spacial score (nSPS) is 12.3. The van der Waals surface area contributed by atoms with Gasteiger partial charge in [-0.1, -0.05) is 23.7 Å². The first kappa shape index (κ1) is 14.2. The molecule has 102 valence electrons. The van der Waals surface area contributed by atoms with E-state index in [1.54, 1.807) is 39.0 Å². The van der Waals surface area contributed by atoms with Crippen molar-refractivity contribution >= 4 is 32.5 Å². The molecule has 0 unspecified atom stereocenters. The highest BCUT2D eigenvalue weighted by Crippen LogP contribution is 2.27. The molecule has 19 heavy (non-hydrogen) atoms. The number of aryl methyl sites for hydroxylation is 1. The quantitative estimate of drug-likeness (QED) is 0.948. The van der Waals surface area contributed by atoms with Crippen LogP contribution in [0.15, 0.2) is 29.2 Å². The summed E-state index contributed by atoms with van der Waals surface area (Å²) in [6.07, 6.45) is 0. The van der Waals surface area contributed by atoms with Crippen molar-refractivity contribution in [3.05, 3.63) is 35.0 Å². The summed E-state index contributed by atoms with van der Waals surface area (Å²) >= 11 is 6.13. The Bertz CT molecular complexity index is 727. The second kappa shape index (κ2) is 5.07. The summed E-state index contributed by atoms with van der Waals surface area (Å²) in [5.74, 6) is 0. The van der Waals surface area contributed by atoms with E-state index in [0.717, 1.165) is 0 Å². The van der Waals surface area contributed by atoms with E-state index >= 15 is 0 Å². The van der Waals surface area contributed by atoms with Crippen LogP contribution in [0.5, 0.6) is 0 Å². The lowest BCUT2D eigenvalue weighted by Crippen LogP contribution is -2.30. The van der Waals surface area contributed by atoms with Crippen molar-refractivity contribution in [2.45, 2.75) is 31.7 Å². The molecule has 0 saturated carbocycles.